The van der Waals surface area contributed by atoms with Gasteiger partial charge in [-0.05, 0) is 27.1 Å². The Morgan fingerprint density at radius 1 is 1.50 bits per heavy atom. The number of likely N-dealkylation sites (N-methyl/N-ethyl adjacent to an activating group) is 1. The quantitative estimate of drug-likeness (QED) is 0.590. The molecular weight excluding hydrogens is 234 g/mol. The van der Waals surface area contributed by atoms with Crippen LogP contribution in [0.3, 0.4) is 0 Å². The first-order valence-electron chi connectivity index (χ1n) is 5.66. The summed E-state index contributed by atoms with van der Waals surface area (Å²) < 4.78 is 0. The summed E-state index contributed by atoms with van der Waals surface area (Å²) in [5.74, 6) is 0. The highest BCUT2D eigenvalue weighted by atomic mass is 16.6. The lowest BCUT2D eigenvalue weighted by molar-refractivity contribution is -0.384. The minimum atomic E-state index is -0.895. The Hall–Kier alpha value is -1.66. The lowest BCUT2D eigenvalue weighted by atomic mass is 10.1. The molecule has 0 amide bonds. The van der Waals surface area contributed by atoms with E-state index in [1.165, 1.54) is 12.1 Å². The predicted octanol–water partition coefficient (Wildman–Crippen LogP) is 1.32. The van der Waals surface area contributed by atoms with Gasteiger partial charge in [0.05, 0.1) is 10.5 Å². The molecule has 1 rings (SSSR count). The normalized spacial score (nSPS) is 14.3. The second kappa shape index (κ2) is 5.79. The Morgan fingerprint density at radius 3 is 2.72 bits per heavy atom. The molecule has 0 aliphatic carbocycles. The van der Waals surface area contributed by atoms with Crippen molar-refractivity contribution in [3.05, 3.63) is 34.4 Å². The lowest BCUT2D eigenvalue weighted by Crippen LogP contribution is -2.43. The molecular formula is C12H19N3O3. The molecule has 0 fully saturated rings. The molecule has 1 atom stereocenters. The number of rotatable bonds is 6. The van der Waals surface area contributed by atoms with E-state index in [0.29, 0.717) is 18.8 Å². The molecule has 0 aliphatic heterocycles. The fraction of sp³-hybridized carbons (Fsp3) is 0.500. The van der Waals surface area contributed by atoms with E-state index in [9.17, 15) is 15.2 Å². The van der Waals surface area contributed by atoms with Gasteiger partial charge < -0.3 is 15.3 Å². The van der Waals surface area contributed by atoms with Crippen molar-refractivity contribution in [3.63, 3.8) is 0 Å². The summed E-state index contributed by atoms with van der Waals surface area (Å²) in [5, 5.41) is 23.7. The molecule has 0 saturated carbocycles. The summed E-state index contributed by atoms with van der Waals surface area (Å²) >= 11 is 0. The van der Waals surface area contributed by atoms with Crippen LogP contribution in [0.4, 0.5) is 11.4 Å². The number of benzene rings is 1. The van der Waals surface area contributed by atoms with Crippen LogP contribution < -0.4 is 5.32 Å². The molecule has 6 nitrogen and oxygen atoms in total. The molecule has 0 heterocycles. The number of hydrogen-bond acceptors (Lipinski definition) is 5. The van der Waals surface area contributed by atoms with Gasteiger partial charge in [-0.1, -0.05) is 6.07 Å². The summed E-state index contributed by atoms with van der Waals surface area (Å²) in [6.45, 7) is 2.55. The first-order valence-corrected chi connectivity index (χ1v) is 5.66. The number of hydrogen-bond donors (Lipinski definition) is 2. The van der Waals surface area contributed by atoms with Gasteiger partial charge in [0.1, 0.15) is 0 Å². The van der Waals surface area contributed by atoms with Gasteiger partial charge in [-0.15, -0.1) is 0 Å². The Morgan fingerprint density at radius 2 is 2.17 bits per heavy atom. The second-order valence-corrected chi connectivity index (χ2v) is 4.90. The minimum absolute atomic E-state index is 0.0345. The van der Waals surface area contributed by atoms with Crippen molar-refractivity contribution in [2.24, 2.45) is 0 Å². The zero-order valence-electron chi connectivity index (χ0n) is 10.9. The number of nitro benzene ring substituents is 1. The van der Waals surface area contributed by atoms with Gasteiger partial charge in [0.2, 0.25) is 0 Å². The predicted molar refractivity (Wildman–Crippen MR) is 70.8 cm³/mol. The van der Waals surface area contributed by atoms with Gasteiger partial charge in [0.15, 0.2) is 0 Å². The van der Waals surface area contributed by atoms with E-state index in [2.05, 4.69) is 5.32 Å². The summed E-state index contributed by atoms with van der Waals surface area (Å²) in [4.78, 5) is 12.1. The maximum Gasteiger partial charge on any atom is 0.271 e. The monoisotopic (exact) mass is 253 g/mol. The van der Waals surface area contributed by atoms with Crippen LogP contribution in [0.25, 0.3) is 0 Å². The molecule has 1 aromatic rings. The second-order valence-electron chi connectivity index (χ2n) is 4.90. The van der Waals surface area contributed by atoms with Crippen LogP contribution in [0.2, 0.25) is 0 Å². The van der Waals surface area contributed by atoms with Crippen LogP contribution in [0, 0.1) is 10.1 Å². The maximum absolute atomic E-state index is 10.6. The lowest BCUT2D eigenvalue weighted by Gasteiger charge is -2.27. The Balaban J connectivity index is 2.63. The molecule has 6 heteroatoms. The molecule has 0 radical (unpaired) electrons. The SMILES string of the molecule is CN(C)CC(C)(O)CNc1cccc([N+](=O)[O-])c1. The third kappa shape index (κ3) is 4.68. The highest BCUT2D eigenvalue weighted by molar-refractivity contribution is 5.51. The van der Waals surface area contributed by atoms with Crippen LogP contribution in [0.15, 0.2) is 24.3 Å². The standard InChI is InChI=1S/C12H19N3O3/c1-12(16,9-14(2)3)8-13-10-5-4-6-11(7-10)15(17)18/h4-7,13,16H,8-9H2,1-3H3. The van der Waals surface area contributed by atoms with Crippen molar-refractivity contribution in [2.45, 2.75) is 12.5 Å². The number of nitrogens with zero attached hydrogens (tertiary/aromatic N) is 2. The average molecular weight is 253 g/mol. The molecule has 100 valence electrons. The zero-order valence-corrected chi connectivity index (χ0v) is 10.9. The highest BCUT2D eigenvalue weighted by Gasteiger charge is 2.21. The molecule has 0 spiro atoms. The average Bonchev–Trinajstić information content (AvgIpc) is 2.25. The first-order chi connectivity index (χ1) is 8.30. The fourth-order valence-corrected chi connectivity index (χ4v) is 1.76. The van der Waals surface area contributed by atoms with Crippen molar-refractivity contribution in [1.82, 2.24) is 4.90 Å². The van der Waals surface area contributed by atoms with Crippen LogP contribution in [0.5, 0.6) is 0 Å². The summed E-state index contributed by atoms with van der Waals surface area (Å²) in [5.41, 5.74) is -0.232. The van der Waals surface area contributed by atoms with E-state index in [-0.39, 0.29) is 5.69 Å². The van der Waals surface area contributed by atoms with Gasteiger partial charge >= 0.3 is 0 Å². The van der Waals surface area contributed by atoms with E-state index in [1.54, 1.807) is 19.1 Å². The first kappa shape index (κ1) is 14.4. The largest absolute Gasteiger partial charge is 0.387 e. The van der Waals surface area contributed by atoms with E-state index in [4.69, 9.17) is 0 Å². The molecule has 0 saturated heterocycles. The van der Waals surface area contributed by atoms with E-state index >= 15 is 0 Å². The number of non-ortho nitro benzene ring substituents is 1. The third-order valence-corrected chi connectivity index (χ3v) is 2.39. The molecule has 0 aromatic heterocycles. The number of anilines is 1. The minimum Gasteiger partial charge on any atom is -0.387 e. The van der Waals surface area contributed by atoms with Crippen molar-refractivity contribution in [3.8, 4) is 0 Å². The van der Waals surface area contributed by atoms with Crippen molar-refractivity contribution < 1.29 is 10.0 Å². The van der Waals surface area contributed by atoms with Gasteiger partial charge in [-0.3, -0.25) is 10.1 Å². The van der Waals surface area contributed by atoms with E-state index in [0.717, 1.165) is 0 Å². The fourth-order valence-electron chi connectivity index (χ4n) is 1.76. The van der Waals surface area contributed by atoms with Gasteiger partial charge in [0, 0.05) is 30.9 Å². The van der Waals surface area contributed by atoms with Crippen LogP contribution in [-0.2, 0) is 0 Å². The Kier molecular flexibility index (Phi) is 4.63. The van der Waals surface area contributed by atoms with Gasteiger partial charge in [0.25, 0.3) is 5.69 Å². The summed E-state index contributed by atoms with van der Waals surface area (Å²) in [6.07, 6.45) is 0. The maximum atomic E-state index is 10.6. The summed E-state index contributed by atoms with van der Waals surface area (Å²) in [6, 6.07) is 6.23. The Labute approximate surface area is 106 Å². The topological polar surface area (TPSA) is 78.6 Å². The number of nitrogens with one attached hydrogen (secondary N) is 1. The third-order valence-electron chi connectivity index (χ3n) is 2.39. The number of aliphatic hydroxyl groups is 1. The zero-order chi connectivity index (χ0) is 13.8. The summed E-state index contributed by atoms with van der Waals surface area (Å²) in [7, 11) is 3.75. The molecule has 1 aromatic carbocycles. The van der Waals surface area contributed by atoms with Crippen molar-refractivity contribution in [2.75, 3.05) is 32.5 Å². The van der Waals surface area contributed by atoms with E-state index in [1.807, 2.05) is 19.0 Å². The van der Waals surface area contributed by atoms with Gasteiger partial charge in [-0.2, -0.15) is 0 Å². The molecule has 0 bridgehead atoms. The van der Waals surface area contributed by atoms with Crippen molar-refractivity contribution in [1.29, 1.82) is 0 Å². The molecule has 0 aliphatic rings. The number of nitro groups is 1. The highest BCUT2D eigenvalue weighted by Crippen LogP contribution is 2.17. The van der Waals surface area contributed by atoms with Crippen LogP contribution in [-0.4, -0.2) is 47.7 Å². The smallest absolute Gasteiger partial charge is 0.271 e. The molecule has 18 heavy (non-hydrogen) atoms. The van der Waals surface area contributed by atoms with Crippen LogP contribution in [0.1, 0.15) is 6.92 Å². The van der Waals surface area contributed by atoms with Crippen LogP contribution >= 0.6 is 0 Å². The van der Waals surface area contributed by atoms with E-state index < -0.39 is 10.5 Å². The van der Waals surface area contributed by atoms with Gasteiger partial charge in [-0.25, -0.2) is 0 Å². The van der Waals surface area contributed by atoms with Crippen molar-refractivity contribution >= 4 is 11.4 Å². The molecule has 2 N–H and O–H groups in total. The molecule has 1 unspecified atom stereocenters. The Bertz CT molecular complexity index is 419.